The molecule has 1 aromatic rings. The van der Waals surface area contributed by atoms with Gasteiger partial charge in [0.05, 0.1) is 7.11 Å². The van der Waals surface area contributed by atoms with Crippen molar-refractivity contribution in [2.45, 2.75) is 25.7 Å². The summed E-state index contributed by atoms with van der Waals surface area (Å²) in [6.45, 7) is 0.590. The van der Waals surface area contributed by atoms with Crippen LogP contribution >= 0.6 is 11.6 Å². The fourth-order valence-electron chi connectivity index (χ4n) is 1.61. The third-order valence-electron chi connectivity index (χ3n) is 2.66. The SMILES string of the molecule is COC(=O)CCCCCNC(=O)c1cccc(Cl)c1. The van der Waals surface area contributed by atoms with Crippen LogP contribution in [0.1, 0.15) is 36.0 Å². The van der Waals surface area contributed by atoms with Gasteiger partial charge in [0.25, 0.3) is 5.91 Å². The molecule has 0 heterocycles. The average Bonchev–Trinajstić information content (AvgIpc) is 2.42. The summed E-state index contributed by atoms with van der Waals surface area (Å²) in [6, 6.07) is 6.82. The van der Waals surface area contributed by atoms with E-state index in [1.807, 2.05) is 0 Å². The number of esters is 1. The van der Waals surface area contributed by atoms with E-state index >= 15 is 0 Å². The minimum Gasteiger partial charge on any atom is -0.469 e. The molecule has 0 bridgehead atoms. The van der Waals surface area contributed by atoms with Gasteiger partial charge in [-0.15, -0.1) is 0 Å². The fourth-order valence-corrected chi connectivity index (χ4v) is 1.80. The zero-order valence-corrected chi connectivity index (χ0v) is 11.7. The standard InChI is InChI=1S/C14H18ClNO3/c1-19-13(17)8-3-2-4-9-16-14(18)11-6-5-7-12(15)10-11/h5-7,10H,2-4,8-9H2,1H3,(H,16,18). The maximum Gasteiger partial charge on any atom is 0.305 e. The molecule has 1 amide bonds. The smallest absolute Gasteiger partial charge is 0.305 e. The van der Waals surface area contributed by atoms with E-state index in [4.69, 9.17) is 11.6 Å². The number of nitrogens with one attached hydrogen (secondary N) is 1. The number of methoxy groups -OCH3 is 1. The number of amides is 1. The molecule has 19 heavy (non-hydrogen) atoms. The molecule has 0 aliphatic carbocycles. The van der Waals surface area contributed by atoms with Crippen LogP contribution in [0, 0.1) is 0 Å². The molecule has 0 saturated heterocycles. The molecule has 5 heteroatoms. The first-order valence-corrected chi connectivity index (χ1v) is 6.62. The maximum absolute atomic E-state index is 11.7. The summed E-state index contributed by atoms with van der Waals surface area (Å²) in [5.74, 6) is -0.321. The van der Waals surface area contributed by atoms with Crippen LogP contribution in [-0.4, -0.2) is 25.5 Å². The minimum atomic E-state index is -0.192. The zero-order chi connectivity index (χ0) is 14.1. The highest BCUT2D eigenvalue weighted by molar-refractivity contribution is 6.30. The lowest BCUT2D eigenvalue weighted by molar-refractivity contribution is -0.140. The van der Waals surface area contributed by atoms with Gasteiger partial charge in [0.2, 0.25) is 0 Å². The second-order valence-electron chi connectivity index (χ2n) is 4.15. The van der Waals surface area contributed by atoms with E-state index in [1.54, 1.807) is 24.3 Å². The Labute approximate surface area is 118 Å². The number of carbonyl (C=O) groups excluding carboxylic acids is 2. The normalized spacial score (nSPS) is 10.0. The molecule has 1 N–H and O–H groups in total. The zero-order valence-electron chi connectivity index (χ0n) is 10.9. The van der Waals surface area contributed by atoms with Crippen LogP contribution in [0.3, 0.4) is 0 Å². The van der Waals surface area contributed by atoms with Gasteiger partial charge in [-0.3, -0.25) is 9.59 Å². The predicted octanol–water partition coefficient (Wildman–Crippen LogP) is 2.80. The van der Waals surface area contributed by atoms with E-state index in [9.17, 15) is 9.59 Å². The van der Waals surface area contributed by atoms with Crippen LogP contribution in [0.4, 0.5) is 0 Å². The van der Waals surface area contributed by atoms with E-state index in [1.165, 1.54) is 7.11 Å². The molecule has 0 saturated carbocycles. The van der Waals surface area contributed by atoms with Crippen molar-refractivity contribution in [2.75, 3.05) is 13.7 Å². The van der Waals surface area contributed by atoms with Crippen LogP contribution in [0.2, 0.25) is 5.02 Å². The molecule has 0 spiro atoms. The summed E-state index contributed by atoms with van der Waals surface area (Å²) >= 11 is 5.81. The van der Waals surface area contributed by atoms with Gasteiger partial charge < -0.3 is 10.1 Å². The average molecular weight is 284 g/mol. The molecule has 0 aromatic heterocycles. The highest BCUT2D eigenvalue weighted by atomic mass is 35.5. The Morgan fingerprint density at radius 1 is 1.26 bits per heavy atom. The van der Waals surface area contributed by atoms with E-state index in [0.717, 1.165) is 19.3 Å². The third kappa shape index (κ3) is 6.25. The number of unbranched alkanes of at least 4 members (excludes halogenated alkanes) is 2. The number of carbonyl (C=O) groups is 2. The maximum atomic E-state index is 11.7. The predicted molar refractivity (Wildman–Crippen MR) is 74.3 cm³/mol. The van der Waals surface area contributed by atoms with E-state index < -0.39 is 0 Å². The van der Waals surface area contributed by atoms with Gasteiger partial charge in [-0.2, -0.15) is 0 Å². The van der Waals surface area contributed by atoms with E-state index in [0.29, 0.717) is 23.6 Å². The Kier molecular flexibility index (Phi) is 6.97. The van der Waals surface area contributed by atoms with Crippen molar-refractivity contribution in [3.63, 3.8) is 0 Å². The van der Waals surface area contributed by atoms with Crippen LogP contribution in [0.25, 0.3) is 0 Å². The van der Waals surface area contributed by atoms with Crippen molar-refractivity contribution in [3.05, 3.63) is 34.9 Å². The summed E-state index contributed by atoms with van der Waals surface area (Å²) in [4.78, 5) is 22.6. The molecule has 1 rings (SSSR count). The van der Waals surface area contributed by atoms with Crippen molar-refractivity contribution in [2.24, 2.45) is 0 Å². The third-order valence-corrected chi connectivity index (χ3v) is 2.89. The quantitative estimate of drug-likeness (QED) is 0.618. The molecule has 0 unspecified atom stereocenters. The number of hydrogen-bond donors (Lipinski definition) is 1. The summed E-state index contributed by atoms with van der Waals surface area (Å²) in [6.07, 6.45) is 2.92. The largest absolute Gasteiger partial charge is 0.469 e. The topological polar surface area (TPSA) is 55.4 Å². The molecule has 4 nitrogen and oxygen atoms in total. The fraction of sp³-hybridized carbons (Fsp3) is 0.429. The Morgan fingerprint density at radius 3 is 2.74 bits per heavy atom. The minimum absolute atomic E-state index is 0.129. The van der Waals surface area contributed by atoms with Gasteiger partial charge >= 0.3 is 5.97 Å². The van der Waals surface area contributed by atoms with Crippen LogP contribution in [-0.2, 0) is 9.53 Å². The second kappa shape index (κ2) is 8.53. The molecule has 104 valence electrons. The Hall–Kier alpha value is -1.55. The van der Waals surface area contributed by atoms with Crippen LogP contribution < -0.4 is 5.32 Å². The molecule has 1 aromatic carbocycles. The molecule has 0 aliphatic rings. The first-order valence-electron chi connectivity index (χ1n) is 6.24. The summed E-state index contributed by atoms with van der Waals surface area (Å²) < 4.78 is 4.54. The van der Waals surface area contributed by atoms with Crippen molar-refractivity contribution in [3.8, 4) is 0 Å². The molecular weight excluding hydrogens is 266 g/mol. The van der Waals surface area contributed by atoms with Crippen molar-refractivity contribution in [1.82, 2.24) is 5.32 Å². The van der Waals surface area contributed by atoms with E-state index in [2.05, 4.69) is 10.1 Å². The Bertz CT molecular complexity index is 434. The van der Waals surface area contributed by atoms with Crippen LogP contribution in [0.15, 0.2) is 24.3 Å². The monoisotopic (exact) mass is 283 g/mol. The number of ether oxygens (including phenoxy) is 1. The van der Waals surface area contributed by atoms with Crippen molar-refractivity contribution >= 4 is 23.5 Å². The molecular formula is C14H18ClNO3. The number of rotatable bonds is 7. The van der Waals surface area contributed by atoms with Gasteiger partial charge in [0.1, 0.15) is 0 Å². The number of halogens is 1. The molecule has 0 fully saturated rings. The van der Waals surface area contributed by atoms with Gasteiger partial charge in [-0.1, -0.05) is 24.1 Å². The van der Waals surface area contributed by atoms with Gasteiger partial charge in [0, 0.05) is 23.6 Å². The molecule has 0 atom stereocenters. The van der Waals surface area contributed by atoms with Gasteiger partial charge in [-0.05, 0) is 31.0 Å². The molecule has 0 radical (unpaired) electrons. The number of hydrogen-bond acceptors (Lipinski definition) is 3. The first-order chi connectivity index (χ1) is 9.13. The summed E-state index contributed by atoms with van der Waals surface area (Å²) in [7, 11) is 1.38. The first kappa shape index (κ1) is 15.5. The Balaban J connectivity index is 2.16. The van der Waals surface area contributed by atoms with E-state index in [-0.39, 0.29) is 11.9 Å². The lowest BCUT2D eigenvalue weighted by Gasteiger charge is -2.05. The highest BCUT2D eigenvalue weighted by Crippen LogP contribution is 2.10. The van der Waals surface area contributed by atoms with Crippen molar-refractivity contribution < 1.29 is 14.3 Å². The highest BCUT2D eigenvalue weighted by Gasteiger charge is 2.05. The van der Waals surface area contributed by atoms with Gasteiger partial charge in [-0.25, -0.2) is 0 Å². The van der Waals surface area contributed by atoms with Gasteiger partial charge in [0.15, 0.2) is 0 Å². The Morgan fingerprint density at radius 2 is 2.05 bits per heavy atom. The number of benzene rings is 1. The van der Waals surface area contributed by atoms with Crippen LogP contribution in [0.5, 0.6) is 0 Å². The summed E-state index contributed by atoms with van der Waals surface area (Å²) in [5, 5.41) is 3.36. The molecule has 0 aliphatic heterocycles. The van der Waals surface area contributed by atoms with Crippen molar-refractivity contribution in [1.29, 1.82) is 0 Å². The lowest BCUT2D eigenvalue weighted by Crippen LogP contribution is -2.24. The lowest BCUT2D eigenvalue weighted by atomic mass is 10.2. The second-order valence-corrected chi connectivity index (χ2v) is 4.59. The summed E-state index contributed by atoms with van der Waals surface area (Å²) in [5.41, 5.74) is 0.557.